The summed E-state index contributed by atoms with van der Waals surface area (Å²) in [6, 6.07) is 4.48. The molecule has 0 fully saturated rings. The highest BCUT2D eigenvalue weighted by atomic mass is 32.2. The summed E-state index contributed by atoms with van der Waals surface area (Å²) in [7, 11) is -8.62. The molecule has 0 N–H and O–H groups in total. The molecule has 2 aromatic carbocycles. The van der Waals surface area contributed by atoms with E-state index in [0.717, 1.165) is 24.3 Å². The van der Waals surface area contributed by atoms with E-state index in [1.54, 1.807) is 0 Å². The van der Waals surface area contributed by atoms with Crippen LogP contribution in [0.4, 0.5) is 52.7 Å². The number of thiophene rings is 1. The van der Waals surface area contributed by atoms with Crippen molar-refractivity contribution < 1.29 is 75.1 Å². The van der Waals surface area contributed by atoms with Crippen molar-refractivity contribution in [2.45, 2.75) is 23.7 Å². The van der Waals surface area contributed by atoms with E-state index in [1.807, 2.05) is 0 Å². The third-order valence-corrected chi connectivity index (χ3v) is 6.24. The molecule has 19 heteroatoms. The molecule has 0 radical (unpaired) electrons. The van der Waals surface area contributed by atoms with Crippen molar-refractivity contribution >= 4 is 40.8 Å². The SMILES string of the molecule is FC(F)(F)Oc1ccc2c(c1)c1cc(OC(F)(F)F)ccc1[s+]2C(F)(F)F.O=S(=O)([O-])C(F)(F)F. The molecule has 0 bridgehead atoms. The molecular formula is C16H6F12O5S2. The first kappa shape index (κ1) is 28.6. The summed E-state index contributed by atoms with van der Waals surface area (Å²) in [5.41, 5.74) is -10.4. The average Bonchev–Trinajstić information content (AvgIpc) is 2.91. The first-order valence-corrected chi connectivity index (χ1v) is 10.8. The highest BCUT2D eigenvalue weighted by Gasteiger charge is 2.48. The normalized spacial score (nSPS) is 13.5. The topological polar surface area (TPSA) is 75.7 Å². The molecule has 5 nitrogen and oxygen atoms in total. The van der Waals surface area contributed by atoms with Gasteiger partial charge in [0, 0.05) is 12.1 Å². The van der Waals surface area contributed by atoms with Gasteiger partial charge in [0.25, 0.3) is 0 Å². The number of ether oxygens (including phenoxy) is 2. The van der Waals surface area contributed by atoms with Gasteiger partial charge in [0.15, 0.2) is 19.5 Å². The molecule has 1 heterocycles. The maximum absolute atomic E-state index is 13.5. The van der Waals surface area contributed by atoms with Crippen LogP contribution in [-0.2, 0) is 15.6 Å². The van der Waals surface area contributed by atoms with Crippen molar-refractivity contribution in [2.24, 2.45) is 0 Å². The lowest BCUT2D eigenvalue weighted by molar-refractivity contribution is -0.275. The van der Waals surface area contributed by atoms with Crippen molar-refractivity contribution in [1.29, 1.82) is 0 Å². The van der Waals surface area contributed by atoms with Gasteiger partial charge in [-0.25, -0.2) is 8.42 Å². The van der Waals surface area contributed by atoms with Gasteiger partial charge < -0.3 is 14.0 Å². The van der Waals surface area contributed by atoms with Crippen LogP contribution in [0.5, 0.6) is 11.5 Å². The number of alkyl halides is 12. The second kappa shape index (κ2) is 9.08. The van der Waals surface area contributed by atoms with E-state index in [9.17, 15) is 52.7 Å². The highest BCUT2D eigenvalue weighted by molar-refractivity contribution is 7.86. The monoisotopic (exact) mass is 570 g/mol. The van der Waals surface area contributed by atoms with E-state index in [-0.39, 0.29) is 20.2 Å². The summed E-state index contributed by atoms with van der Waals surface area (Å²) in [5, 5.41) is -0.611. The molecule has 0 unspecified atom stereocenters. The molecule has 0 saturated carbocycles. The zero-order valence-electron chi connectivity index (χ0n) is 15.9. The Morgan fingerprint density at radius 1 is 0.657 bits per heavy atom. The molecule has 0 atom stereocenters. The molecule has 0 saturated heterocycles. The third kappa shape index (κ3) is 7.40. The fourth-order valence-corrected chi connectivity index (χ4v) is 4.48. The molecule has 3 aromatic rings. The molecule has 0 aliphatic heterocycles. The van der Waals surface area contributed by atoms with Gasteiger partial charge in [-0.15, -0.1) is 39.5 Å². The molecule has 35 heavy (non-hydrogen) atoms. The second-order valence-corrected chi connectivity index (χ2v) is 9.39. The van der Waals surface area contributed by atoms with Crippen molar-refractivity contribution in [3.05, 3.63) is 36.4 Å². The lowest BCUT2D eigenvalue weighted by atomic mass is 10.1. The van der Waals surface area contributed by atoms with Gasteiger partial charge in [-0.1, -0.05) is 0 Å². The zero-order chi connectivity index (χ0) is 27.2. The predicted molar refractivity (Wildman–Crippen MR) is 94.3 cm³/mol. The Kier molecular flexibility index (Phi) is 7.41. The average molecular weight is 570 g/mol. The number of hydrogen-bond donors (Lipinski definition) is 0. The highest BCUT2D eigenvalue weighted by Crippen LogP contribution is 2.55. The van der Waals surface area contributed by atoms with Crippen LogP contribution in [0.15, 0.2) is 36.4 Å². The van der Waals surface area contributed by atoms with Crippen molar-refractivity contribution in [1.82, 2.24) is 0 Å². The van der Waals surface area contributed by atoms with Gasteiger partial charge in [-0.05, 0) is 24.3 Å². The van der Waals surface area contributed by atoms with E-state index in [1.165, 1.54) is 0 Å². The fraction of sp³-hybridized carbons (Fsp3) is 0.250. The quantitative estimate of drug-likeness (QED) is 0.143. The van der Waals surface area contributed by atoms with E-state index in [0.29, 0.717) is 12.1 Å². The Morgan fingerprint density at radius 3 is 1.20 bits per heavy atom. The number of hydrogen-bond acceptors (Lipinski definition) is 5. The van der Waals surface area contributed by atoms with Crippen LogP contribution in [-0.4, -0.2) is 31.2 Å². The zero-order valence-corrected chi connectivity index (χ0v) is 17.5. The maximum atomic E-state index is 13.5. The molecule has 196 valence electrons. The lowest BCUT2D eigenvalue weighted by Gasteiger charge is -2.08. The van der Waals surface area contributed by atoms with Crippen LogP contribution in [0.3, 0.4) is 0 Å². The Morgan fingerprint density at radius 2 is 0.971 bits per heavy atom. The van der Waals surface area contributed by atoms with E-state index >= 15 is 0 Å². The third-order valence-electron chi connectivity index (χ3n) is 3.61. The van der Waals surface area contributed by atoms with Crippen LogP contribution in [0.1, 0.15) is 0 Å². The van der Waals surface area contributed by atoms with E-state index < -0.39 is 55.8 Å². The summed E-state index contributed by atoms with van der Waals surface area (Å²) in [6.45, 7) is 0. The van der Waals surface area contributed by atoms with Crippen LogP contribution < -0.4 is 9.47 Å². The first-order chi connectivity index (χ1) is 15.5. The van der Waals surface area contributed by atoms with Crippen LogP contribution >= 0.6 is 10.5 Å². The summed E-state index contributed by atoms with van der Waals surface area (Å²) < 4.78 is 180. The minimum Gasteiger partial charge on any atom is -0.741 e. The molecule has 3 rings (SSSR count). The Bertz CT molecular complexity index is 1240. The first-order valence-electron chi connectivity index (χ1n) is 8.13. The Balaban J connectivity index is 0.000000466. The molecular weight excluding hydrogens is 564 g/mol. The predicted octanol–water partition coefficient (Wildman–Crippen LogP) is 7.07. The van der Waals surface area contributed by atoms with Gasteiger partial charge in [-0.2, -0.15) is 13.2 Å². The van der Waals surface area contributed by atoms with Gasteiger partial charge in [-0.3, -0.25) is 0 Å². The summed E-state index contributed by atoms with van der Waals surface area (Å²) in [6.07, 6.45) is -10.2. The van der Waals surface area contributed by atoms with Gasteiger partial charge in [0.05, 0.1) is 10.8 Å². The Hall–Kier alpha value is -2.67. The number of fused-ring (bicyclic) bond motifs is 3. The van der Waals surface area contributed by atoms with Crippen molar-refractivity contribution in [3.63, 3.8) is 0 Å². The maximum Gasteiger partial charge on any atom is 0.601 e. The number of halogens is 12. The van der Waals surface area contributed by atoms with Gasteiger partial charge in [0.2, 0.25) is 0 Å². The minimum atomic E-state index is -6.09. The van der Waals surface area contributed by atoms with Crippen molar-refractivity contribution in [3.8, 4) is 11.5 Å². The summed E-state index contributed by atoms with van der Waals surface area (Å²) in [5.74, 6) is -1.58. The van der Waals surface area contributed by atoms with Gasteiger partial charge in [0.1, 0.15) is 22.0 Å². The molecule has 1 aromatic heterocycles. The summed E-state index contributed by atoms with van der Waals surface area (Å²) >= 11 is 0. The lowest BCUT2D eigenvalue weighted by Crippen LogP contribution is -2.21. The standard InChI is InChI=1S/C15H6F9O2S.CHF3O3S/c16-13(17,18)25-7-1-3-11-9(5-7)10-6-8(26-14(19,20)21)2-4-12(10)27(11)15(22,23)24;2-1(3,4)8(5,6)7/h1-6H;(H,5,6,7)/q+1;/p-1. The Labute approximate surface area is 188 Å². The second-order valence-electron chi connectivity index (χ2n) is 6.06. The molecule has 0 aliphatic rings. The minimum absolute atomic E-state index is 0.306. The molecule has 0 spiro atoms. The fourth-order valence-electron chi connectivity index (χ4n) is 2.56. The summed E-state index contributed by atoms with van der Waals surface area (Å²) in [4.78, 5) is 0. The smallest absolute Gasteiger partial charge is 0.601 e. The van der Waals surface area contributed by atoms with E-state index in [2.05, 4.69) is 9.47 Å². The van der Waals surface area contributed by atoms with E-state index in [4.69, 9.17) is 13.0 Å². The molecule has 0 amide bonds. The number of rotatable bonds is 2. The van der Waals surface area contributed by atoms with Crippen LogP contribution in [0.25, 0.3) is 20.2 Å². The van der Waals surface area contributed by atoms with Crippen LogP contribution in [0.2, 0.25) is 0 Å². The largest absolute Gasteiger partial charge is 0.741 e. The molecule has 0 aliphatic carbocycles. The van der Waals surface area contributed by atoms with Crippen molar-refractivity contribution in [2.75, 3.05) is 0 Å². The number of benzene rings is 2. The van der Waals surface area contributed by atoms with Gasteiger partial charge >= 0.3 is 23.7 Å². The van der Waals surface area contributed by atoms with Crippen LogP contribution in [0, 0.1) is 0 Å².